The van der Waals surface area contributed by atoms with E-state index in [9.17, 15) is 9.59 Å². The van der Waals surface area contributed by atoms with Crippen LogP contribution in [0, 0.1) is 18.3 Å². The van der Waals surface area contributed by atoms with Gasteiger partial charge in [0.2, 0.25) is 0 Å². The molecule has 3 rings (SSSR count). The first kappa shape index (κ1) is 19.4. The highest BCUT2D eigenvalue weighted by molar-refractivity contribution is 6.15. The van der Waals surface area contributed by atoms with Crippen molar-refractivity contribution in [2.24, 2.45) is 0 Å². The second kappa shape index (κ2) is 9.05. The Hall–Kier alpha value is -4.32. The van der Waals surface area contributed by atoms with Crippen molar-refractivity contribution in [3.63, 3.8) is 0 Å². The standard InChI is InChI=1S/C20H16N6O3/c1-14-23-24-25-26(14)18(11-15-6-3-2-4-7-15)20(28)29-13-19(27)22-17-9-5-8-16(10-17)12-21/h2-11H,13H2,1H3,(H,22,27)/b18-11-. The van der Waals surface area contributed by atoms with E-state index < -0.39 is 18.5 Å². The molecule has 1 N–H and O–H groups in total. The van der Waals surface area contributed by atoms with Gasteiger partial charge in [-0.1, -0.05) is 36.4 Å². The normalized spacial score (nSPS) is 10.8. The molecule has 0 saturated heterocycles. The topological polar surface area (TPSA) is 123 Å². The van der Waals surface area contributed by atoms with Crippen LogP contribution in [0.2, 0.25) is 0 Å². The Kier molecular flexibility index (Phi) is 6.07. The summed E-state index contributed by atoms with van der Waals surface area (Å²) < 4.78 is 6.38. The minimum absolute atomic E-state index is 0.0676. The molecule has 1 heterocycles. The molecule has 1 amide bonds. The smallest absolute Gasteiger partial charge is 0.357 e. The molecule has 2 aromatic carbocycles. The molecule has 9 nitrogen and oxygen atoms in total. The van der Waals surface area contributed by atoms with E-state index in [4.69, 9.17) is 10.00 Å². The molecular formula is C20H16N6O3. The minimum Gasteiger partial charge on any atom is -0.451 e. The fraction of sp³-hybridized carbons (Fsp3) is 0.100. The summed E-state index contributed by atoms with van der Waals surface area (Å²) in [5.41, 5.74) is 1.65. The number of rotatable bonds is 6. The number of amides is 1. The third-order valence-electron chi connectivity index (χ3n) is 3.78. The zero-order chi connectivity index (χ0) is 20.6. The Balaban J connectivity index is 1.72. The molecule has 29 heavy (non-hydrogen) atoms. The molecule has 3 aromatic rings. The molecule has 9 heteroatoms. The van der Waals surface area contributed by atoms with Gasteiger partial charge in [-0.05, 0) is 47.2 Å². The zero-order valence-electron chi connectivity index (χ0n) is 15.4. The average Bonchev–Trinajstić information content (AvgIpc) is 3.16. The Bertz CT molecular complexity index is 1100. The fourth-order valence-electron chi connectivity index (χ4n) is 2.44. The summed E-state index contributed by atoms with van der Waals surface area (Å²) in [4.78, 5) is 24.7. The number of aromatic nitrogens is 4. The van der Waals surface area contributed by atoms with Gasteiger partial charge < -0.3 is 10.1 Å². The number of nitriles is 1. The van der Waals surface area contributed by atoms with Gasteiger partial charge in [-0.25, -0.2) is 4.79 Å². The molecular weight excluding hydrogens is 372 g/mol. The number of aryl methyl sites for hydroxylation is 1. The summed E-state index contributed by atoms with van der Waals surface area (Å²) in [6, 6.07) is 17.5. The van der Waals surface area contributed by atoms with Crippen LogP contribution in [0.3, 0.4) is 0 Å². The largest absolute Gasteiger partial charge is 0.451 e. The van der Waals surface area contributed by atoms with Crippen molar-refractivity contribution in [1.82, 2.24) is 20.2 Å². The summed E-state index contributed by atoms with van der Waals surface area (Å²) in [6.45, 7) is 1.13. The number of ether oxygens (including phenoxy) is 1. The number of hydrogen-bond donors (Lipinski definition) is 1. The lowest BCUT2D eigenvalue weighted by molar-refractivity contribution is -0.141. The van der Waals surface area contributed by atoms with E-state index in [0.717, 1.165) is 5.56 Å². The van der Waals surface area contributed by atoms with E-state index in [1.54, 1.807) is 31.2 Å². The molecule has 0 atom stereocenters. The van der Waals surface area contributed by atoms with Crippen molar-refractivity contribution in [3.05, 3.63) is 71.5 Å². The number of nitrogens with one attached hydrogen (secondary N) is 1. The van der Waals surface area contributed by atoms with E-state index in [2.05, 4.69) is 20.8 Å². The SMILES string of the molecule is Cc1nnnn1/C(=C\c1ccccc1)C(=O)OCC(=O)Nc1cccc(C#N)c1. The lowest BCUT2D eigenvalue weighted by atomic mass is 10.2. The van der Waals surface area contributed by atoms with Gasteiger partial charge in [-0.15, -0.1) is 5.10 Å². The number of hydrogen-bond acceptors (Lipinski definition) is 7. The zero-order valence-corrected chi connectivity index (χ0v) is 15.4. The second-order valence-electron chi connectivity index (χ2n) is 5.90. The van der Waals surface area contributed by atoms with Gasteiger partial charge in [0, 0.05) is 5.69 Å². The molecule has 0 aliphatic heterocycles. The maximum Gasteiger partial charge on any atom is 0.357 e. The van der Waals surface area contributed by atoms with Crippen LogP contribution in [0.25, 0.3) is 11.8 Å². The van der Waals surface area contributed by atoms with E-state index in [0.29, 0.717) is 17.1 Å². The first-order chi connectivity index (χ1) is 14.1. The summed E-state index contributed by atoms with van der Waals surface area (Å²) in [5.74, 6) is -0.909. The van der Waals surface area contributed by atoms with Gasteiger partial charge in [0.1, 0.15) is 0 Å². The number of carbonyl (C=O) groups excluding carboxylic acids is 2. The van der Waals surface area contributed by atoms with Crippen LogP contribution in [0.15, 0.2) is 54.6 Å². The van der Waals surface area contributed by atoms with E-state index in [1.165, 1.54) is 10.7 Å². The van der Waals surface area contributed by atoms with Crippen LogP contribution in [-0.4, -0.2) is 38.7 Å². The van der Waals surface area contributed by atoms with Crippen LogP contribution in [0.5, 0.6) is 0 Å². The Morgan fingerprint density at radius 1 is 1.21 bits per heavy atom. The predicted octanol–water partition coefficient (Wildman–Crippen LogP) is 2.03. The molecule has 0 aliphatic carbocycles. The van der Waals surface area contributed by atoms with Crippen molar-refractivity contribution >= 4 is 29.3 Å². The number of tetrazole rings is 1. The van der Waals surface area contributed by atoms with E-state index in [-0.39, 0.29) is 5.70 Å². The molecule has 0 saturated carbocycles. The van der Waals surface area contributed by atoms with E-state index >= 15 is 0 Å². The summed E-state index contributed by atoms with van der Waals surface area (Å²) in [6.07, 6.45) is 1.57. The minimum atomic E-state index is -0.759. The Labute approximate surface area is 166 Å². The molecule has 0 unspecified atom stereocenters. The highest BCUT2D eigenvalue weighted by atomic mass is 16.5. The Morgan fingerprint density at radius 3 is 2.69 bits per heavy atom. The number of nitrogens with zero attached hydrogens (tertiary/aromatic N) is 5. The highest BCUT2D eigenvalue weighted by Gasteiger charge is 2.19. The predicted molar refractivity (Wildman–Crippen MR) is 104 cm³/mol. The maximum atomic E-state index is 12.6. The van der Waals surface area contributed by atoms with Crippen molar-refractivity contribution < 1.29 is 14.3 Å². The lowest BCUT2D eigenvalue weighted by Crippen LogP contribution is -2.23. The van der Waals surface area contributed by atoms with Gasteiger partial charge in [0.15, 0.2) is 18.1 Å². The quantitative estimate of drug-likeness (QED) is 0.506. The Morgan fingerprint density at radius 2 is 2.00 bits per heavy atom. The van der Waals surface area contributed by atoms with Gasteiger partial charge in [0.25, 0.3) is 5.91 Å². The number of anilines is 1. The van der Waals surface area contributed by atoms with Gasteiger partial charge >= 0.3 is 5.97 Å². The highest BCUT2D eigenvalue weighted by Crippen LogP contribution is 2.14. The van der Waals surface area contributed by atoms with Crippen LogP contribution < -0.4 is 5.32 Å². The van der Waals surface area contributed by atoms with Gasteiger partial charge in [-0.2, -0.15) is 9.94 Å². The molecule has 1 aromatic heterocycles. The molecule has 144 valence electrons. The first-order valence-electron chi connectivity index (χ1n) is 8.56. The summed E-state index contributed by atoms with van der Waals surface area (Å²) >= 11 is 0. The van der Waals surface area contributed by atoms with Crippen molar-refractivity contribution in [2.75, 3.05) is 11.9 Å². The molecule has 0 fully saturated rings. The van der Waals surface area contributed by atoms with Crippen LogP contribution in [-0.2, 0) is 14.3 Å². The first-order valence-corrected chi connectivity index (χ1v) is 8.56. The van der Waals surface area contributed by atoms with Crippen LogP contribution in [0.1, 0.15) is 17.0 Å². The van der Waals surface area contributed by atoms with Gasteiger partial charge in [-0.3, -0.25) is 4.79 Å². The average molecular weight is 388 g/mol. The lowest BCUT2D eigenvalue weighted by Gasteiger charge is -2.10. The number of carbonyl (C=O) groups is 2. The maximum absolute atomic E-state index is 12.6. The third kappa shape index (κ3) is 5.11. The molecule has 0 aliphatic rings. The second-order valence-corrected chi connectivity index (χ2v) is 5.90. The summed E-state index contributed by atoms with van der Waals surface area (Å²) in [5, 5.41) is 22.6. The fourth-order valence-corrected chi connectivity index (χ4v) is 2.44. The molecule has 0 radical (unpaired) electrons. The van der Waals surface area contributed by atoms with Crippen molar-refractivity contribution in [3.8, 4) is 6.07 Å². The van der Waals surface area contributed by atoms with Crippen LogP contribution in [0.4, 0.5) is 5.69 Å². The van der Waals surface area contributed by atoms with Gasteiger partial charge in [0.05, 0.1) is 11.6 Å². The van der Waals surface area contributed by atoms with Crippen LogP contribution >= 0.6 is 0 Å². The number of benzene rings is 2. The summed E-state index contributed by atoms with van der Waals surface area (Å²) in [7, 11) is 0. The van der Waals surface area contributed by atoms with Crippen molar-refractivity contribution in [1.29, 1.82) is 5.26 Å². The monoisotopic (exact) mass is 388 g/mol. The molecule has 0 bridgehead atoms. The van der Waals surface area contributed by atoms with E-state index in [1.807, 2.05) is 36.4 Å². The van der Waals surface area contributed by atoms with Crippen molar-refractivity contribution in [2.45, 2.75) is 6.92 Å². The molecule has 0 spiro atoms. The third-order valence-corrected chi connectivity index (χ3v) is 3.78. The number of esters is 1.